The van der Waals surface area contributed by atoms with E-state index in [-0.39, 0.29) is 6.10 Å². The fourth-order valence-corrected chi connectivity index (χ4v) is 2.08. The normalized spacial score (nSPS) is 18.9. The van der Waals surface area contributed by atoms with Gasteiger partial charge in [0.05, 0.1) is 6.10 Å². The molecule has 0 spiro atoms. The van der Waals surface area contributed by atoms with Crippen LogP contribution in [0.15, 0.2) is 0 Å². The van der Waals surface area contributed by atoms with Crippen LogP contribution in [0.4, 0.5) is 0 Å². The van der Waals surface area contributed by atoms with Crippen LogP contribution >= 0.6 is 12.2 Å². The molecule has 0 saturated carbocycles. The van der Waals surface area contributed by atoms with Crippen LogP contribution < -0.4 is 0 Å². The van der Waals surface area contributed by atoms with Crippen molar-refractivity contribution in [3.05, 3.63) is 0 Å². The van der Waals surface area contributed by atoms with E-state index in [0.717, 1.165) is 13.1 Å². The maximum atomic E-state index is 5.54. The summed E-state index contributed by atoms with van der Waals surface area (Å²) in [6.07, 6.45) is 6.75. The summed E-state index contributed by atoms with van der Waals surface area (Å²) >= 11 is 5.26. The molecule has 0 aromatic carbocycles. The summed E-state index contributed by atoms with van der Waals surface area (Å²) in [5.74, 6) is 0. The molecule has 0 bridgehead atoms. The maximum Gasteiger partial charge on any atom is 0.259 e. The van der Waals surface area contributed by atoms with Crippen LogP contribution in [0.3, 0.4) is 0 Å². The molecule has 0 radical (unpaired) electrons. The predicted molar refractivity (Wildman–Crippen MR) is 63.5 cm³/mol. The summed E-state index contributed by atoms with van der Waals surface area (Å²) in [7, 11) is 0. The fraction of sp³-hybridized carbons (Fsp3) is 0.909. The topological polar surface area (TPSA) is 12.5 Å². The van der Waals surface area contributed by atoms with E-state index in [1.165, 1.54) is 32.1 Å². The van der Waals surface area contributed by atoms with Gasteiger partial charge in [-0.05, 0) is 38.9 Å². The van der Waals surface area contributed by atoms with Crippen molar-refractivity contribution >= 4 is 17.4 Å². The molecule has 2 nitrogen and oxygen atoms in total. The van der Waals surface area contributed by atoms with E-state index >= 15 is 0 Å². The second kappa shape index (κ2) is 6.23. The standard InChI is InChI=1S/C11H21NOS/c1-10(2)13-11(14)12-8-6-4-3-5-7-9-12/h10H,3-9H2,1-2H3. The third-order valence-corrected chi connectivity index (χ3v) is 2.81. The van der Waals surface area contributed by atoms with E-state index < -0.39 is 0 Å². The van der Waals surface area contributed by atoms with Gasteiger partial charge in [0, 0.05) is 13.1 Å². The lowest BCUT2D eigenvalue weighted by Crippen LogP contribution is -2.35. The van der Waals surface area contributed by atoms with Crippen molar-refractivity contribution in [2.45, 2.75) is 52.1 Å². The molecule has 3 heteroatoms. The molecule has 1 heterocycles. The summed E-state index contributed by atoms with van der Waals surface area (Å²) < 4.78 is 5.54. The summed E-state index contributed by atoms with van der Waals surface area (Å²) in [6.45, 7) is 6.20. The number of hydrogen-bond acceptors (Lipinski definition) is 2. The second-order valence-corrected chi connectivity index (χ2v) is 4.54. The molecule has 0 aliphatic carbocycles. The minimum absolute atomic E-state index is 0.202. The van der Waals surface area contributed by atoms with E-state index in [4.69, 9.17) is 17.0 Å². The molecule has 82 valence electrons. The molecule has 1 aliphatic rings. The zero-order valence-electron chi connectivity index (χ0n) is 9.29. The van der Waals surface area contributed by atoms with E-state index in [1.807, 2.05) is 13.8 Å². The van der Waals surface area contributed by atoms with E-state index in [9.17, 15) is 0 Å². The molecule has 1 fully saturated rings. The van der Waals surface area contributed by atoms with Crippen molar-refractivity contribution in [3.8, 4) is 0 Å². The van der Waals surface area contributed by atoms with Gasteiger partial charge in [0.25, 0.3) is 5.17 Å². The molecule has 0 N–H and O–H groups in total. The van der Waals surface area contributed by atoms with Crippen LogP contribution in [0, 0.1) is 0 Å². The highest BCUT2D eigenvalue weighted by molar-refractivity contribution is 7.80. The van der Waals surface area contributed by atoms with Crippen LogP contribution in [0.25, 0.3) is 0 Å². The Morgan fingerprint density at radius 1 is 1.07 bits per heavy atom. The third kappa shape index (κ3) is 4.27. The van der Waals surface area contributed by atoms with E-state index in [1.54, 1.807) is 0 Å². The number of hydrogen-bond donors (Lipinski definition) is 0. The van der Waals surface area contributed by atoms with Crippen molar-refractivity contribution in [1.29, 1.82) is 0 Å². The van der Waals surface area contributed by atoms with Crippen LogP contribution in [-0.2, 0) is 4.74 Å². The van der Waals surface area contributed by atoms with E-state index in [2.05, 4.69) is 4.90 Å². The Bertz CT molecular complexity index is 174. The zero-order chi connectivity index (χ0) is 10.4. The Labute approximate surface area is 92.6 Å². The van der Waals surface area contributed by atoms with Gasteiger partial charge >= 0.3 is 0 Å². The fourth-order valence-electron chi connectivity index (χ4n) is 1.71. The number of thiocarbonyl (C=S) groups is 1. The largest absolute Gasteiger partial charge is 0.468 e. The molecule has 0 atom stereocenters. The van der Waals surface area contributed by atoms with Gasteiger partial charge in [0.15, 0.2) is 0 Å². The first-order valence-electron chi connectivity index (χ1n) is 5.65. The number of likely N-dealkylation sites (tertiary alicyclic amines) is 1. The Kier molecular flexibility index (Phi) is 5.23. The first-order chi connectivity index (χ1) is 6.70. The van der Waals surface area contributed by atoms with Crippen molar-refractivity contribution in [2.24, 2.45) is 0 Å². The van der Waals surface area contributed by atoms with Gasteiger partial charge in [-0.1, -0.05) is 19.3 Å². The monoisotopic (exact) mass is 215 g/mol. The molecule has 0 aromatic rings. The van der Waals surface area contributed by atoms with Gasteiger partial charge < -0.3 is 9.64 Å². The van der Waals surface area contributed by atoms with Gasteiger partial charge in [-0.3, -0.25) is 0 Å². The Hall–Kier alpha value is -0.310. The second-order valence-electron chi connectivity index (χ2n) is 4.19. The lowest BCUT2D eigenvalue weighted by Gasteiger charge is -2.27. The van der Waals surface area contributed by atoms with Crippen LogP contribution in [0.2, 0.25) is 0 Å². The third-order valence-electron chi connectivity index (χ3n) is 2.45. The molecule has 1 saturated heterocycles. The number of ether oxygens (including phenoxy) is 1. The summed E-state index contributed by atoms with van der Waals surface area (Å²) in [6, 6.07) is 0. The molecule has 1 aliphatic heterocycles. The first kappa shape index (κ1) is 11.8. The molecule has 0 aromatic heterocycles. The zero-order valence-corrected chi connectivity index (χ0v) is 10.1. The van der Waals surface area contributed by atoms with Gasteiger partial charge in [0.2, 0.25) is 0 Å². The summed E-state index contributed by atoms with van der Waals surface area (Å²) in [5.41, 5.74) is 0. The van der Waals surface area contributed by atoms with Crippen LogP contribution in [0.1, 0.15) is 46.0 Å². The first-order valence-corrected chi connectivity index (χ1v) is 6.06. The van der Waals surface area contributed by atoms with E-state index in [0.29, 0.717) is 5.17 Å². The SMILES string of the molecule is CC(C)OC(=S)N1CCCCCCC1. The lowest BCUT2D eigenvalue weighted by atomic mass is 10.1. The van der Waals surface area contributed by atoms with Gasteiger partial charge in [-0.15, -0.1) is 0 Å². The van der Waals surface area contributed by atoms with Crippen molar-refractivity contribution in [3.63, 3.8) is 0 Å². The highest BCUT2D eigenvalue weighted by atomic mass is 32.1. The Morgan fingerprint density at radius 2 is 1.57 bits per heavy atom. The molecule has 0 unspecified atom stereocenters. The van der Waals surface area contributed by atoms with Crippen LogP contribution in [-0.4, -0.2) is 29.3 Å². The van der Waals surface area contributed by atoms with Gasteiger partial charge in [0.1, 0.15) is 0 Å². The van der Waals surface area contributed by atoms with Crippen molar-refractivity contribution < 1.29 is 4.74 Å². The minimum Gasteiger partial charge on any atom is -0.468 e. The summed E-state index contributed by atoms with van der Waals surface area (Å²) in [4.78, 5) is 2.22. The van der Waals surface area contributed by atoms with Gasteiger partial charge in [-0.25, -0.2) is 0 Å². The molecule has 0 amide bonds. The molecular weight excluding hydrogens is 194 g/mol. The van der Waals surface area contributed by atoms with Crippen molar-refractivity contribution in [1.82, 2.24) is 4.90 Å². The molecule has 1 rings (SSSR count). The highest BCUT2D eigenvalue weighted by Crippen LogP contribution is 2.11. The summed E-state index contributed by atoms with van der Waals surface area (Å²) in [5, 5.41) is 0.696. The average Bonchev–Trinajstić information content (AvgIpc) is 2.00. The molecular formula is C11H21NOS. The quantitative estimate of drug-likeness (QED) is 0.624. The predicted octanol–water partition coefficient (Wildman–Crippen LogP) is 2.96. The Balaban J connectivity index is 2.35. The lowest BCUT2D eigenvalue weighted by molar-refractivity contribution is 0.181. The Morgan fingerprint density at radius 3 is 2.07 bits per heavy atom. The highest BCUT2D eigenvalue weighted by Gasteiger charge is 2.13. The van der Waals surface area contributed by atoms with Crippen molar-refractivity contribution in [2.75, 3.05) is 13.1 Å². The minimum atomic E-state index is 0.202. The maximum absolute atomic E-state index is 5.54. The molecule has 14 heavy (non-hydrogen) atoms. The van der Waals surface area contributed by atoms with Gasteiger partial charge in [-0.2, -0.15) is 0 Å². The average molecular weight is 215 g/mol. The number of rotatable bonds is 1. The smallest absolute Gasteiger partial charge is 0.259 e. The van der Waals surface area contributed by atoms with Crippen LogP contribution in [0.5, 0.6) is 0 Å². The number of nitrogens with zero attached hydrogens (tertiary/aromatic N) is 1.